The Morgan fingerprint density at radius 1 is 1.06 bits per heavy atom. The highest BCUT2D eigenvalue weighted by atomic mass is 16.5. The molecule has 0 bridgehead atoms. The van der Waals surface area contributed by atoms with Gasteiger partial charge in [-0.25, -0.2) is 0 Å². The van der Waals surface area contributed by atoms with Crippen molar-refractivity contribution < 1.29 is 9.53 Å². The summed E-state index contributed by atoms with van der Waals surface area (Å²) in [5, 5.41) is 12.2. The summed E-state index contributed by atoms with van der Waals surface area (Å²) >= 11 is 0. The van der Waals surface area contributed by atoms with E-state index in [0.29, 0.717) is 30.0 Å². The van der Waals surface area contributed by atoms with Crippen LogP contribution in [0.4, 0.5) is 0 Å². The average molecular weight is 436 g/mol. The molecule has 33 heavy (non-hydrogen) atoms. The summed E-state index contributed by atoms with van der Waals surface area (Å²) in [7, 11) is 1.83. The van der Waals surface area contributed by atoms with Gasteiger partial charge in [-0.3, -0.25) is 4.79 Å². The number of ketones is 1. The number of carbonyl (C=O) groups is 1. The van der Waals surface area contributed by atoms with Gasteiger partial charge < -0.3 is 15.4 Å². The number of benzene rings is 3. The van der Waals surface area contributed by atoms with Crippen LogP contribution in [0.2, 0.25) is 0 Å². The number of hydrogen-bond donors (Lipinski definition) is 1. The standard InChI is InChI=1S/C28H25N3O2/c1-31-24-10-5-11-25(32)27(24)26(23(16-29)28(31)30)19-12-14-21(15-13-19)33-17-20-8-4-7-18-6-2-3-9-22(18)20/h2-4,6-9,12-15,26H,5,10-11,17,30H2,1H3/t26-/m0/s1. The van der Waals surface area contributed by atoms with E-state index in [1.807, 2.05) is 54.4 Å². The molecular formula is C28H25N3O2. The second kappa shape index (κ2) is 8.48. The molecule has 3 aromatic rings. The normalized spacial score (nSPS) is 18.4. The third-order valence-corrected chi connectivity index (χ3v) is 6.66. The van der Waals surface area contributed by atoms with Crippen molar-refractivity contribution in [2.24, 2.45) is 5.73 Å². The predicted molar refractivity (Wildman–Crippen MR) is 128 cm³/mol. The van der Waals surface area contributed by atoms with Crippen LogP contribution in [0.3, 0.4) is 0 Å². The Morgan fingerprint density at radius 2 is 1.82 bits per heavy atom. The van der Waals surface area contributed by atoms with Gasteiger partial charge >= 0.3 is 0 Å². The minimum absolute atomic E-state index is 0.102. The lowest BCUT2D eigenvalue weighted by molar-refractivity contribution is -0.116. The molecule has 1 aliphatic carbocycles. The lowest BCUT2D eigenvalue weighted by atomic mass is 9.76. The quantitative estimate of drug-likeness (QED) is 0.613. The zero-order chi connectivity index (χ0) is 22.9. The SMILES string of the molecule is CN1C(N)=C(C#N)[C@H](c2ccc(OCc3cccc4ccccc34)cc2)C2=C1CCCC2=O. The third-order valence-electron chi connectivity index (χ3n) is 6.66. The highest BCUT2D eigenvalue weighted by Crippen LogP contribution is 2.44. The Bertz CT molecular complexity index is 1340. The van der Waals surface area contributed by atoms with Crippen LogP contribution in [0.1, 0.15) is 36.3 Å². The molecule has 0 saturated carbocycles. The van der Waals surface area contributed by atoms with Gasteiger partial charge in [0.25, 0.3) is 0 Å². The van der Waals surface area contributed by atoms with Gasteiger partial charge in [-0.15, -0.1) is 0 Å². The van der Waals surface area contributed by atoms with Crippen LogP contribution in [0.15, 0.2) is 89.4 Å². The van der Waals surface area contributed by atoms with Gasteiger partial charge in [-0.05, 0) is 46.9 Å². The molecule has 164 valence electrons. The van der Waals surface area contributed by atoms with E-state index in [1.54, 1.807) is 0 Å². The Morgan fingerprint density at radius 3 is 2.61 bits per heavy atom. The minimum atomic E-state index is -0.430. The second-order valence-electron chi connectivity index (χ2n) is 8.54. The van der Waals surface area contributed by atoms with Gasteiger partial charge in [0.2, 0.25) is 0 Å². The van der Waals surface area contributed by atoms with E-state index in [1.165, 1.54) is 10.8 Å². The Hall–Kier alpha value is -4.04. The van der Waals surface area contributed by atoms with E-state index in [0.717, 1.165) is 35.4 Å². The monoisotopic (exact) mass is 435 g/mol. The van der Waals surface area contributed by atoms with Crippen molar-refractivity contribution in [3.05, 3.63) is 101 Å². The molecule has 5 rings (SSSR count). The van der Waals surface area contributed by atoms with Crippen LogP contribution in [0.25, 0.3) is 10.8 Å². The molecule has 0 radical (unpaired) electrons. The number of carbonyl (C=O) groups excluding carboxylic acids is 1. The zero-order valence-electron chi connectivity index (χ0n) is 18.5. The summed E-state index contributed by atoms with van der Waals surface area (Å²) in [6.07, 6.45) is 2.11. The Labute approximate surface area is 193 Å². The van der Waals surface area contributed by atoms with Crippen molar-refractivity contribution in [1.82, 2.24) is 4.90 Å². The number of nitrogens with two attached hydrogens (primary N) is 1. The topological polar surface area (TPSA) is 79.3 Å². The van der Waals surface area contributed by atoms with Crippen molar-refractivity contribution in [3.8, 4) is 11.8 Å². The van der Waals surface area contributed by atoms with Crippen LogP contribution in [0, 0.1) is 11.3 Å². The van der Waals surface area contributed by atoms with E-state index in [4.69, 9.17) is 10.5 Å². The molecule has 1 heterocycles. The van der Waals surface area contributed by atoms with Crippen molar-refractivity contribution in [1.29, 1.82) is 5.26 Å². The fourth-order valence-electron chi connectivity index (χ4n) is 4.93. The molecule has 2 N–H and O–H groups in total. The summed E-state index contributed by atoms with van der Waals surface area (Å²) in [5.74, 6) is 0.831. The first-order valence-corrected chi connectivity index (χ1v) is 11.2. The van der Waals surface area contributed by atoms with Crippen LogP contribution in [-0.4, -0.2) is 17.7 Å². The number of hydrogen-bond acceptors (Lipinski definition) is 5. The molecule has 0 aromatic heterocycles. The number of rotatable bonds is 4. The molecule has 1 atom stereocenters. The number of fused-ring (bicyclic) bond motifs is 1. The van der Waals surface area contributed by atoms with Gasteiger partial charge in [0.05, 0.1) is 17.6 Å². The molecule has 0 unspecified atom stereocenters. The number of nitrogens with zero attached hydrogens (tertiary/aromatic N) is 2. The summed E-state index contributed by atoms with van der Waals surface area (Å²) < 4.78 is 6.07. The molecule has 2 aliphatic rings. The van der Waals surface area contributed by atoms with Gasteiger partial charge in [0.1, 0.15) is 18.2 Å². The lowest BCUT2D eigenvalue weighted by Gasteiger charge is -2.37. The predicted octanol–water partition coefficient (Wildman–Crippen LogP) is 5.15. The van der Waals surface area contributed by atoms with Crippen LogP contribution >= 0.6 is 0 Å². The van der Waals surface area contributed by atoms with Crippen LogP contribution < -0.4 is 10.5 Å². The first-order valence-electron chi connectivity index (χ1n) is 11.2. The fourth-order valence-corrected chi connectivity index (χ4v) is 4.93. The first-order chi connectivity index (χ1) is 16.1. The summed E-state index contributed by atoms with van der Waals surface area (Å²) in [6, 6.07) is 24.4. The largest absolute Gasteiger partial charge is 0.489 e. The van der Waals surface area contributed by atoms with Crippen LogP contribution in [0.5, 0.6) is 5.75 Å². The summed E-state index contributed by atoms with van der Waals surface area (Å²) in [4.78, 5) is 14.7. The van der Waals surface area contributed by atoms with Crippen molar-refractivity contribution >= 4 is 16.6 Å². The van der Waals surface area contributed by atoms with Gasteiger partial charge in [0.15, 0.2) is 5.78 Å². The molecule has 0 amide bonds. The smallest absolute Gasteiger partial charge is 0.161 e. The second-order valence-corrected chi connectivity index (χ2v) is 8.54. The van der Waals surface area contributed by atoms with E-state index in [-0.39, 0.29) is 5.78 Å². The molecule has 5 heteroatoms. The maximum Gasteiger partial charge on any atom is 0.161 e. The molecule has 3 aromatic carbocycles. The molecule has 0 spiro atoms. The number of nitriles is 1. The maximum absolute atomic E-state index is 12.9. The third kappa shape index (κ3) is 3.64. The highest BCUT2D eigenvalue weighted by Gasteiger charge is 2.38. The van der Waals surface area contributed by atoms with Crippen LogP contribution in [-0.2, 0) is 11.4 Å². The summed E-state index contributed by atoms with van der Waals surface area (Å²) in [6.45, 7) is 0.457. The molecule has 1 aliphatic heterocycles. The zero-order valence-corrected chi connectivity index (χ0v) is 18.5. The van der Waals surface area contributed by atoms with Gasteiger partial charge in [-0.1, -0.05) is 54.6 Å². The Balaban J connectivity index is 1.43. The Kier molecular flexibility index (Phi) is 5.35. The number of Topliss-reactive ketones (excluding diaryl/α,β-unsaturated/α-hetero) is 1. The fraction of sp³-hybridized carbons (Fsp3) is 0.214. The van der Waals surface area contributed by atoms with E-state index in [9.17, 15) is 10.1 Å². The maximum atomic E-state index is 12.9. The molecule has 0 fully saturated rings. The van der Waals surface area contributed by atoms with Crippen molar-refractivity contribution in [2.75, 3.05) is 7.05 Å². The first kappa shape index (κ1) is 20.8. The van der Waals surface area contributed by atoms with Gasteiger partial charge in [0, 0.05) is 24.7 Å². The van der Waals surface area contributed by atoms with Crippen molar-refractivity contribution in [2.45, 2.75) is 31.8 Å². The molecule has 5 nitrogen and oxygen atoms in total. The minimum Gasteiger partial charge on any atom is -0.489 e. The van der Waals surface area contributed by atoms with E-state index in [2.05, 4.69) is 30.3 Å². The number of allylic oxidation sites excluding steroid dienone is 3. The van der Waals surface area contributed by atoms with E-state index < -0.39 is 5.92 Å². The van der Waals surface area contributed by atoms with E-state index >= 15 is 0 Å². The lowest BCUT2D eigenvalue weighted by Crippen LogP contribution is -2.36. The molecule has 0 saturated heterocycles. The molecular weight excluding hydrogens is 410 g/mol. The number of ether oxygens (including phenoxy) is 1. The highest BCUT2D eigenvalue weighted by molar-refractivity contribution is 5.99. The average Bonchev–Trinajstić information content (AvgIpc) is 2.85. The summed E-state index contributed by atoms with van der Waals surface area (Å²) in [5.41, 5.74) is 10.4. The van der Waals surface area contributed by atoms with Gasteiger partial charge in [-0.2, -0.15) is 5.26 Å². The van der Waals surface area contributed by atoms with Crippen molar-refractivity contribution in [3.63, 3.8) is 0 Å².